The van der Waals surface area contributed by atoms with E-state index in [1.165, 1.54) is 0 Å². The van der Waals surface area contributed by atoms with Crippen LogP contribution in [0.15, 0.2) is 72.8 Å². The molecule has 5 aromatic rings. The van der Waals surface area contributed by atoms with Crippen molar-refractivity contribution in [1.29, 1.82) is 5.26 Å². The monoisotopic (exact) mass is 468 g/mol. The van der Waals surface area contributed by atoms with Gasteiger partial charge >= 0.3 is 0 Å². The quantitative estimate of drug-likeness (QED) is 0.323. The molecule has 0 saturated heterocycles. The Hall–Kier alpha value is -3.78. The molecule has 33 heavy (non-hydrogen) atoms. The van der Waals surface area contributed by atoms with Gasteiger partial charge in [0.15, 0.2) is 0 Å². The molecule has 1 heterocycles. The number of rotatable bonds is 4. The number of amides is 1. The number of carbonyl (C=O) groups excluding carboxylic acids is 1. The van der Waals surface area contributed by atoms with Crippen LogP contribution in [0, 0.1) is 17.4 Å². The highest BCUT2D eigenvalue weighted by Crippen LogP contribution is 2.39. The largest absolute Gasteiger partial charge is 0.366 e. The van der Waals surface area contributed by atoms with Crippen molar-refractivity contribution >= 4 is 50.9 Å². The summed E-state index contributed by atoms with van der Waals surface area (Å²) in [5, 5.41) is 11.9. The number of benzene rings is 4. The number of hydrogen-bond acceptors (Lipinski definition) is 2. The Balaban J connectivity index is 1.83. The Morgan fingerprint density at radius 1 is 1.00 bits per heavy atom. The van der Waals surface area contributed by atoms with Gasteiger partial charge < -0.3 is 10.3 Å². The second kappa shape index (κ2) is 8.29. The molecule has 0 spiro atoms. The van der Waals surface area contributed by atoms with Crippen molar-refractivity contribution in [2.75, 3.05) is 0 Å². The third kappa shape index (κ3) is 3.62. The van der Waals surface area contributed by atoms with E-state index in [1.54, 1.807) is 30.3 Å². The van der Waals surface area contributed by atoms with E-state index in [2.05, 4.69) is 16.7 Å². The topological polar surface area (TPSA) is 71.8 Å². The molecule has 0 aliphatic carbocycles. The van der Waals surface area contributed by atoms with Crippen LogP contribution in [-0.4, -0.2) is 10.5 Å². The van der Waals surface area contributed by atoms with Gasteiger partial charge in [-0.25, -0.2) is 0 Å². The van der Waals surface area contributed by atoms with Crippen molar-refractivity contribution in [1.82, 2.24) is 4.57 Å². The van der Waals surface area contributed by atoms with E-state index >= 15 is 0 Å². The smallest absolute Gasteiger partial charge is 0.249 e. The van der Waals surface area contributed by atoms with Gasteiger partial charge in [0.2, 0.25) is 5.91 Å². The predicted molar refractivity (Wildman–Crippen MR) is 133 cm³/mol. The molecule has 4 nitrogen and oxygen atoms in total. The molecule has 0 fully saturated rings. The Bertz CT molecular complexity index is 1590. The Labute approximate surface area is 200 Å². The first-order chi connectivity index (χ1) is 16.0. The number of halogens is 2. The van der Waals surface area contributed by atoms with E-state index in [0.717, 1.165) is 38.5 Å². The molecule has 1 radical (unpaired) electrons. The van der Waals surface area contributed by atoms with Crippen molar-refractivity contribution in [2.45, 2.75) is 6.54 Å². The SMILES string of the molecule is N#Cc1cccc(Cn2c3cc(-c4c(Cl)cccc4Cl)c[c]c3c3c(C(N)=O)cccc32)c1. The van der Waals surface area contributed by atoms with Gasteiger partial charge in [-0.15, -0.1) is 0 Å². The van der Waals surface area contributed by atoms with Gasteiger partial charge in [-0.1, -0.05) is 47.5 Å². The summed E-state index contributed by atoms with van der Waals surface area (Å²) in [6.45, 7) is 0.491. The fourth-order valence-electron chi connectivity index (χ4n) is 4.27. The Morgan fingerprint density at radius 2 is 1.73 bits per heavy atom. The zero-order chi connectivity index (χ0) is 23.1. The van der Waals surface area contributed by atoms with Gasteiger partial charge in [-0.05, 0) is 65.7 Å². The maximum Gasteiger partial charge on any atom is 0.249 e. The highest BCUT2D eigenvalue weighted by molar-refractivity contribution is 6.39. The maximum absolute atomic E-state index is 12.2. The first-order valence-corrected chi connectivity index (χ1v) is 10.9. The Kier molecular flexibility index (Phi) is 5.30. The van der Waals surface area contributed by atoms with Gasteiger partial charge in [0.05, 0.1) is 22.7 Å². The molecule has 2 N–H and O–H groups in total. The van der Waals surface area contributed by atoms with E-state index < -0.39 is 5.91 Å². The van der Waals surface area contributed by atoms with Crippen molar-refractivity contribution in [2.24, 2.45) is 5.73 Å². The summed E-state index contributed by atoms with van der Waals surface area (Å²) in [5.41, 5.74) is 10.9. The molecule has 4 aromatic carbocycles. The molecule has 5 rings (SSSR count). The minimum absolute atomic E-state index is 0.432. The molecule has 1 aromatic heterocycles. The Morgan fingerprint density at radius 3 is 2.45 bits per heavy atom. The summed E-state index contributed by atoms with van der Waals surface area (Å²) in [6, 6.07) is 27.7. The number of hydrogen-bond donors (Lipinski definition) is 1. The lowest BCUT2D eigenvalue weighted by Crippen LogP contribution is -2.11. The lowest BCUT2D eigenvalue weighted by Gasteiger charge is -2.11. The van der Waals surface area contributed by atoms with Crippen LogP contribution in [0.2, 0.25) is 10.0 Å². The number of carbonyl (C=O) groups is 1. The van der Waals surface area contributed by atoms with Crippen LogP contribution in [0.1, 0.15) is 21.5 Å². The summed E-state index contributed by atoms with van der Waals surface area (Å²) in [4.78, 5) is 12.2. The minimum atomic E-state index is -0.502. The van der Waals surface area contributed by atoms with Crippen LogP contribution in [0.4, 0.5) is 0 Å². The van der Waals surface area contributed by atoms with Crippen molar-refractivity contribution in [3.63, 3.8) is 0 Å². The van der Waals surface area contributed by atoms with E-state index in [1.807, 2.05) is 42.5 Å². The molecule has 0 bridgehead atoms. The minimum Gasteiger partial charge on any atom is -0.366 e. The van der Waals surface area contributed by atoms with E-state index in [9.17, 15) is 10.1 Å². The molecular weight excluding hydrogens is 453 g/mol. The third-order valence-corrected chi connectivity index (χ3v) is 6.34. The van der Waals surface area contributed by atoms with Crippen LogP contribution in [0.3, 0.4) is 0 Å². The highest BCUT2D eigenvalue weighted by atomic mass is 35.5. The van der Waals surface area contributed by atoms with Gasteiger partial charge in [-0.2, -0.15) is 5.26 Å². The van der Waals surface area contributed by atoms with Gasteiger partial charge in [0.25, 0.3) is 0 Å². The molecule has 0 aliphatic rings. The van der Waals surface area contributed by atoms with Crippen LogP contribution in [0.25, 0.3) is 32.9 Å². The molecule has 0 atom stereocenters. The van der Waals surface area contributed by atoms with E-state index in [-0.39, 0.29) is 0 Å². The standard InChI is InChI=1S/C27H16Cl2N3O/c28-21-7-3-8-22(29)25(21)18-10-11-19-24(13-18)32(15-17-5-1-4-16(12-17)14-30)23-9-2-6-20(26(19)23)27(31)33/h1-10,12-13H,15H2,(H2,31,33). The third-order valence-electron chi connectivity index (χ3n) is 5.71. The summed E-state index contributed by atoms with van der Waals surface area (Å²) in [5.74, 6) is -0.502. The second-order valence-corrected chi connectivity index (χ2v) is 8.52. The molecule has 1 amide bonds. The summed E-state index contributed by atoms with van der Waals surface area (Å²) >= 11 is 12.9. The lowest BCUT2D eigenvalue weighted by molar-refractivity contribution is 0.100. The maximum atomic E-state index is 12.2. The summed E-state index contributed by atoms with van der Waals surface area (Å²) < 4.78 is 2.10. The normalized spacial score (nSPS) is 11.1. The van der Waals surface area contributed by atoms with Crippen LogP contribution >= 0.6 is 23.2 Å². The van der Waals surface area contributed by atoms with Crippen LogP contribution < -0.4 is 5.73 Å². The average Bonchev–Trinajstić information content (AvgIpc) is 3.12. The van der Waals surface area contributed by atoms with E-state index in [0.29, 0.717) is 27.7 Å². The second-order valence-electron chi connectivity index (χ2n) is 7.71. The molecular formula is C27H16Cl2N3O. The average molecular weight is 469 g/mol. The van der Waals surface area contributed by atoms with Crippen LogP contribution in [-0.2, 0) is 6.54 Å². The first kappa shape index (κ1) is 21.1. The van der Waals surface area contributed by atoms with Gasteiger partial charge in [-0.3, -0.25) is 4.79 Å². The van der Waals surface area contributed by atoms with Crippen LogP contribution in [0.5, 0.6) is 0 Å². The molecule has 159 valence electrons. The van der Waals surface area contributed by atoms with Crippen molar-refractivity contribution in [3.05, 3.63) is 106 Å². The number of nitrogens with two attached hydrogens (primary N) is 1. The molecule has 6 heteroatoms. The van der Waals surface area contributed by atoms with Crippen molar-refractivity contribution < 1.29 is 4.79 Å². The molecule has 0 aliphatic heterocycles. The zero-order valence-electron chi connectivity index (χ0n) is 17.3. The molecule has 0 unspecified atom stereocenters. The number of aromatic nitrogens is 1. The summed E-state index contributed by atoms with van der Waals surface area (Å²) in [7, 11) is 0. The summed E-state index contributed by atoms with van der Waals surface area (Å²) in [6.07, 6.45) is 0. The van der Waals surface area contributed by atoms with E-state index in [4.69, 9.17) is 28.9 Å². The zero-order valence-corrected chi connectivity index (χ0v) is 18.8. The van der Waals surface area contributed by atoms with Gasteiger partial charge in [0.1, 0.15) is 0 Å². The fourth-order valence-corrected chi connectivity index (χ4v) is 4.89. The lowest BCUT2D eigenvalue weighted by atomic mass is 10.0. The van der Waals surface area contributed by atoms with Crippen molar-refractivity contribution in [3.8, 4) is 17.2 Å². The highest BCUT2D eigenvalue weighted by Gasteiger charge is 2.18. The number of nitrogens with zero attached hydrogens (tertiary/aromatic N) is 2. The molecule has 0 saturated carbocycles. The fraction of sp³-hybridized carbons (Fsp3) is 0.0370. The number of fused-ring (bicyclic) bond motifs is 3. The predicted octanol–water partition coefficient (Wildman–Crippen LogP) is 6.59. The number of primary amides is 1. The van der Waals surface area contributed by atoms with Gasteiger partial charge in [0, 0.05) is 38.5 Å². The number of nitriles is 1. The first-order valence-electron chi connectivity index (χ1n) is 10.2.